The van der Waals surface area contributed by atoms with E-state index in [0.717, 1.165) is 0 Å². The molecule has 0 aromatic heterocycles. The summed E-state index contributed by atoms with van der Waals surface area (Å²) in [6.45, 7) is 2.11. The number of nitrogens with one attached hydrogen (secondary N) is 1. The fourth-order valence-electron chi connectivity index (χ4n) is 0.533. The molecule has 1 N–H and O–H groups in total. The predicted molar refractivity (Wildman–Crippen MR) is 40.0 cm³/mol. The zero-order valence-corrected chi connectivity index (χ0v) is 6.97. The van der Waals surface area contributed by atoms with Gasteiger partial charge in [-0.2, -0.15) is 0 Å². The number of hydrogen-bond donors (Lipinski definition) is 1. The maximum atomic E-state index is 3.13. The minimum absolute atomic E-state index is 0.403. The van der Waals surface area contributed by atoms with E-state index >= 15 is 0 Å². The van der Waals surface area contributed by atoms with Crippen molar-refractivity contribution in [2.75, 3.05) is 28.2 Å². The molecule has 0 saturated carbocycles. The first-order valence-electron chi connectivity index (χ1n) is 3.17. The number of hydrazine groups is 1. The lowest BCUT2D eigenvalue weighted by Gasteiger charge is -2.29. The highest BCUT2D eigenvalue weighted by atomic mass is 15.6. The molecular weight excluding hydrogens is 114 g/mol. The summed E-state index contributed by atoms with van der Waals surface area (Å²) in [5.41, 5.74) is 0. The van der Waals surface area contributed by atoms with Gasteiger partial charge in [-0.25, -0.2) is 10.0 Å². The third kappa shape index (κ3) is 2.79. The van der Waals surface area contributed by atoms with E-state index in [2.05, 4.69) is 17.2 Å². The normalized spacial score (nSPS) is 15.0. The largest absolute Gasteiger partial charge is 0.304 e. The van der Waals surface area contributed by atoms with E-state index in [9.17, 15) is 0 Å². The predicted octanol–water partition coefficient (Wildman–Crippen LogP) is -0.0398. The van der Waals surface area contributed by atoms with E-state index in [1.54, 1.807) is 0 Å². The summed E-state index contributed by atoms with van der Waals surface area (Å²) in [4.78, 5) is 0. The molecule has 0 aromatic rings. The highest BCUT2D eigenvalue weighted by Gasteiger charge is 2.06. The second kappa shape index (κ2) is 3.82. The summed E-state index contributed by atoms with van der Waals surface area (Å²) in [5.74, 6) is 0. The lowest BCUT2D eigenvalue weighted by molar-refractivity contribution is 0.00671. The molecule has 1 atom stereocenters. The van der Waals surface area contributed by atoms with Gasteiger partial charge < -0.3 is 5.32 Å². The van der Waals surface area contributed by atoms with Gasteiger partial charge in [-0.1, -0.05) is 0 Å². The Morgan fingerprint density at radius 1 is 1.22 bits per heavy atom. The van der Waals surface area contributed by atoms with E-state index in [1.807, 2.05) is 33.2 Å². The Kier molecular flexibility index (Phi) is 3.77. The van der Waals surface area contributed by atoms with Gasteiger partial charge >= 0.3 is 0 Å². The zero-order valence-electron chi connectivity index (χ0n) is 6.97. The van der Waals surface area contributed by atoms with Crippen molar-refractivity contribution >= 4 is 0 Å². The van der Waals surface area contributed by atoms with E-state index in [0.29, 0.717) is 6.17 Å². The van der Waals surface area contributed by atoms with Crippen molar-refractivity contribution in [2.45, 2.75) is 13.1 Å². The molecule has 0 saturated heterocycles. The number of hydrogen-bond acceptors (Lipinski definition) is 3. The van der Waals surface area contributed by atoms with Crippen molar-refractivity contribution in [1.82, 2.24) is 15.3 Å². The summed E-state index contributed by atoms with van der Waals surface area (Å²) in [6, 6.07) is 0. The molecule has 0 spiro atoms. The van der Waals surface area contributed by atoms with Crippen molar-refractivity contribution in [3.05, 3.63) is 0 Å². The van der Waals surface area contributed by atoms with Crippen molar-refractivity contribution < 1.29 is 0 Å². The number of rotatable bonds is 3. The summed E-state index contributed by atoms with van der Waals surface area (Å²) >= 11 is 0. The van der Waals surface area contributed by atoms with Crippen LogP contribution in [0.1, 0.15) is 6.92 Å². The second-order valence-corrected chi connectivity index (χ2v) is 2.39. The van der Waals surface area contributed by atoms with E-state index in [1.165, 1.54) is 0 Å². The van der Waals surface area contributed by atoms with Crippen LogP contribution in [0.5, 0.6) is 0 Å². The Hall–Kier alpha value is -0.120. The average molecular weight is 131 g/mol. The monoisotopic (exact) mass is 131 g/mol. The van der Waals surface area contributed by atoms with E-state index < -0.39 is 0 Å². The highest BCUT2D eigenvalue weighted by Crippen LogP contribution is 1.90. The Morgan fingerprint density at radius 2 is 1.67 bits per heavy atom. The maximum Gasteiger partial charge on any atom is 0.0700 e. The van der Waals surface area contributed by atoms with Gasteiger partial charge in [0, 0.05) is 21.1 Å². The molecule has 0 radical (unpaired) electrons. The van der Waals surface area contributed by atoms with Crippen LogP contribution >= 0.6 is 0 Å². The fourth-order valence-corrected chi connectivity index (χ4v) is 0.533. The Bertz CT molecular complexity index is 72.7. The lowest BCUT2D eigenvalue weighted by Crippen LogP contribution is -2.46. The third-order valence-electron chi connectivity index (χ3n) is 1.61. The molecule has 0 bridgehead atoms. The Balaban J connectivity index is 3.58. The molecular formula is C6H17N3. The van der Waals surface area contributed by atoms with Crippen molar-refractivity contribution in [2.24, 2.45) is 0 Å². The molecule has 1 unspecified atom stereocenters. The topological polar surface area (TPSA) is 18.5 Å². The van der Waals surface area contributed by atoms with Gasteiger partial charge in [0.2, 0.25) is 0 Å². The first-order valence-corrected chi connectivity index (χ1v) is 3.17. The van der Waals surface area contributed by atoms with Crippen molar-refractivity contribution in [1.29, 1.82) is 0 Å². The minimum atomic E-state index is 0.403. The van der Waals surface area contributed by atoms with Crippen LogP contribution in [0, 0.1) is 0 Å². The van der Waals surface area contributed by atoms with Crippen molar-refractivity contribution in [3.63, 3.8) is 0 Å². The van der Waals surface area contributed by atoms with Crippen LogP contribution in [0.3, 0.4) is 0 Å². The van der Waals surface area contributed by atoms with Gasteiger partial charge in [0.05, 0.1) is 6.17 Å². The average Bonchev–Trinajstić information content (AvgIpc) is 1.84. The SMILES string of the molecule is CNC(C)N(C)N(C)C. The second-order valence-electron chi connectivity index (χ2n) is 2.39. The standard InChI is InChI=1S/C6H17N3/c1-6(7-2)9(5)8(3)4/h6-7H,1-5H3. The van der Waals surface area contributed by atoms with Gasteiger partial charge in [-0.15, -0.1) is 0 Å². The summed E-state index contributed by atoms with van der Waals surface area (Å²) in [7, 11) is 8.04. The molecule has 0 aliphatic carbocycles. The first kappa shape index (κ1) is 8.88. The molecule has 0 fully saturated rings. The lowest BCUT2D eigenvalue weighted by atomic mass is 10.5. The molecule has 0 aromatic carbocycles. The van der Waals surface area contributed by atoms with E-state index in [4.69, 9.17) is 0 Å². The summed E-state index contributed by atoms with van der Waals surface area (Å²) in [6.07, 6.45) is 0.403. The zero-order chi connectivity index (χ0) is 7.44. The summed E-state index contributed by atoms with van der Waals surface area (Å²) < 4.78 is 0. The molecule has 56 valence electrons. The highest BCUT2D eigenvalue weighted by molar-refractivity contribution is 4.50. The fraction of sp³-hybridized carbons (Fsp3) is 1.00. The van der Waals surface area contributed by atoms with Gasteiger partial charge in [0.1, 0.15) is 0 Å². The Morgan fingerprint density at radius 3 is 1.78 bits per heavy atom. The van der Waals surface area contributed by atoms with Gasteiger partial charge in [-0.3, -0.25) is 0 Å². The summed E-state index contributed by atoms with van der Waals surface area (Å²) in [5, 5.41) is 7.28. The van der Waals surface area contributed by atoms with Crippen molar-refractivity contribution in [3.8, 4) is 0 Å². The molecule has 0 amide bonds. The van der Waals surface area contributed by atoms with Crippen LogP contribution in [0.4, 0.5) is 0 Å². The Labute approximate surface area is 57.6 Å². The van der Waals surface area contributed by atoms with Gasteiger partial charge in [0.15, 0.2) is 0 Å². The van der Waals surface area contributed by atoms with Crippen LogP contribution in [-0.4, -0.2) is 44.4 Å². The molecule has 0 rings (SSSR count). The molecule has 3 nitrogen and oxygen atoms in total. The quantitative estimate of drug-likeness (QED) is 0.428. The van der Waals surface area contributed by atoms with Crippen LogP contribution in [0.2, 0.25) is 0 Å². The van der Waals surface area contributed by atoms with Crippen LogP contribution in [0.25, 0.3) is 0 Å². The molecule has 0 aliphatic rings. The smallest absolute Gasteiger partial charge is 0.0700 e. The minimum Gasteiger partial charge on any atom is -0.304 e. The van der Waals surface area contributed by atoms with Gasteiger partial charge in [0.25, 0.3) is 0 Å². The van der Waals surface area contributed by atoms with Gasteiger partial charge in [-0.05, 0) is 14.0 Å². The first-order chi connectivity index (χ1) is 4.09. The van der Waals surface area contributed by atoms with Crippen LogP contribution < -0.4 is 5.32 Å². The molecule has 3 heteroatoms. The molecule has 0 heterocycles. The molecule has 0 aliphatic heterocycles. The van der Waals surface area contributed by atoms with E-state index in [-0.39, 0.29) is 0 Å². The third-order valence-corrected chi connectivity index (χ3v) is 1.61. The maximum absolute atomic E-state index is 3.13. The number of nitrogens with zero attached hydrogens (tertiary/aromatic N) is 2. The van der Waals surface area contributed by atoms with Crippen LogP contribution in [0.15, 0.2) is 0 Å². The molecule has 9 heavy (non-hydrogen) atoms. The van der Waals surface area contributed by atoms with Crippen LogP contribution in [-0.2, 0) is 0 Å².